The fraction of sp³-hybridized carbons (Fsp3) is 0.118. The molecular formula is C17H17N3O3. The van der Waals surface area contributed by atoms with E-state index < -0.39 is 0 Å². The Hall–Kier alpha value is -3.15. The lowest BCUT2D eigenvalue weighted by Gasteiger charge is -2.08. The first kappa shape index (κ1) is 16.2. The van der Waals surface area contributed by atoms with Crippen LogP contribution in [-0.4, -0.2) is 17.7 Å². The lowest BCUT2D eigenvalue weighted by Crippen LogP contribution is -2.12. The Balaban J connectivity index is 2.01. The van der Waals surface area contributed by atoms with Crippen LogP contribution in [0.2, 0.25) is 0 Å². The van der Waals surface area contributed by atoms with Gasteiger partial charge in [-0.2, -0.15) is 0 Å². The van der Waals surface area contributed by atoms with Crippen molar-refractivity contribution < 1.29 is 14.4 Å². The lowest BCUT2D eigenvalue weighted by atomic mass is 10.2. The van der Waals surface area contributed by atoms with Crippen molar-refractivity contribution in [1.29, 1.82) is 0 Å². The average molecular weight is 311 g/mol. The van der Waals surface area contributed by atoms with E-state index in [0.717, 1.165) is 0 Å². The van der Waals surface area contributed by atoms with E-state index in [2.05, 4.69) is 16.0 Å². The van der Waals surface area contributed by atoms with E-state index in [1.807, 2.05) is 0 Å². The second-order valence-corrected chi connectivity index (χ2v) is 4.97. The number of hydrogen-bond donors (Lipinski definition) is 3. The van der Waals surface area contributed by atoms with Gasteiger partial charge in [-0.3, -0.25) is 14.4 Å². The molecule has 0 fully saturated rings. The summed E-state index contributed by atoms with van der Waals surface area (Å²) >= 11 is 0. The van der Waals surface area contributed by atoms with Crippen molar-refractivity contribution >= 4 is 34.8 Å². The van der Waals surface area contributed by atoms with Crippen LogP contribution in [0.3, 0.4) is 0 Å². The maximum atomic E-state index is 12.1. The number of carbonyl (C=O) groups is 3. The van der Waals surface area contributed by atoms with E-state index in [1.165, 1.54) is 13.8 Å². The first-order valence-corrected chi connectivity index (χ1v) is 7.01. The molecule has 118 valence electrons. The summed E-state index contributed by atoms with van der Waals surface area (Å²) in [5.41, 5.74) is 2.39. The molecule has 0 saturated heterocycles. The molecule has 6 heteroatoms. The Morgan fingerprint density at radius 3 is 1.35 bits per heavy atom. The summed E-state index contributed by atoms with van der Waals surface area (Å²) in [5.74, 6) is -0.575. The second-order valence-electron chi connectivity index (χ2n) is 4.97. The van der Waals surface area contributed by atoms with Crippen LogP contribution in [0.25, 0.3) is 0 Å². The summed E-state index contributed by atoms with van der Waals surface area (Å²) in [6, 6.07) is 13.4. The van der Waals surface area contributed by atoms with Gasteiger partial charge in [0.15, 0.2) is 0 Å². The summed E-state index contributed by atoms with van der Waals surface area (Å²) in [4.78, 5) is 34.0. The number of amides is 3. The molecule has 3 amide bonds. The SMILES string of the molecule is CC(=O)Nc1ccc(NC(=O)c2ccc(NC(C)=O)cc2)cc1. The Kier molecular flexibility index (Phi) is 5.09. The average Bonchev–Trinajstić information content (AvgIpc) is 2.49. The van der Waals surface area contributed by atoms with Crippen molar-refractivity contribution in [3.63, 3.8) is 0 Å². The van der Waals surface area contributed by atoms with Gasteiger partial charge in [-0.1, -0.05) is 0 Å². The summed E-state index contributed by atoms with van der Waals surface area (Å²) in [6.07, 6.45) is 0. The molecule has 23 heavy (non-hydrogen) atoms. The summed E-state index contributed by atoms with van der Waals surface area (Å²) in [5, 5.41) is 8.05. The van der Waals surface area contributed by atoms with Gasteiger partial charge < -0.3 is 16.0 Å². The first-order valence-electron chi connectivity index (χ1n) is 7.01. The van der Waals surface area contributed by atoms with E-state index >= 15 is 0 Å². The van der Waals surface area contributed by atoms with Gasteiger partial charge in [0.25, 0.3) is 5.91 Å². The molecule has 0 saturated carbocycles. The largest absolute Gasteiger partial charge is 0.326 e. The molecule has 0 unspecified atom stereocenters. The molecule has 0 atom stereocenters. The minimum absolute atomic E-state index is 0.152. The standard InChI is InChI=1S/C17H17N3O3/c1-11(21)18-14-5-3-13(4-6-14)17(23)20-16-9-7-15(8-10-16)19-12(2)22/h3-10H,1-2H3,(H,18,21)(H,19,22)(H,20,23). The highest BCUT2D eigenvalue weighted by Gasteiger charge is 2.06. The van der Waals surface area contributed by atoms with Crippen LogP contribution in [0.5, 0.6) is 0 Å². The normalized spacial score (nSPS) is 9.83. The van der Waals surface area contributed by atoms with Gasteiger partial charge in [-0.25, -0.2) is 0 Å². The van der Waals surface area contributed by atoms with E-state index in [4.69, 9.17) is 0 Å². The Morgan fingerprint density at radius 2 is 0.957 bits per heavy atom. The van der Waals surface area contributed by atoms with Crippen LogP contribution in [-0.2, 0) is 9.59 Å². The molecule has 2 rings (SSSR count). The zero-order chi connectivity index (χ0) is 16.8. The van der Waals surface area contributed by atoms with E-state index in [-0.39, 0.29) is 17.7 Å². The number of nitrogens with one attached hydrogen (secondary N) is 3. The third-order valence-corrected chi connectivity index (χ3v) is 2.93. The Morgan fingerprint density at radius 1 is 0.609 bits per heavy atom. The second kappa shape index (κ2) is 7.22. The highest BCUT2D eigenvalue weighted by molar-refractivity contribution is 6.04. The topological polar surface area (TPSA) is 87.3 Å². The predicted molar refractivity (Wildman–Crippen MR) is 89.4 cm³/mol. The number of anilines is 3. The molecule has 2 aromatic carbocycles. The summed E-state index contributed by atoms with van der Waals surface area (Å²) in [7, 11) is 0. The van der Waals surface area contributed by atoms with Gasteiger partial charge in [-0.05, 0) is 48.5 Å². The smallest absolute Gasteiger partial charge is 0.255 e. The molecule has 6 nitrogen and oxygen atoms in total. The third kappa shape index (κ3) is 4.96. The van der Waals surface area contributed by atoms with Crippen molar-refractivity contribution in [3.8, 4) is 0 Å². The van der Waals surface area contributed by atoms with Crippen molar-refractivity contribution in [2.75, 3.05) is 16.0 Å². The third-order valence-electron chi connectivity index (χ3n) is 2.93. The van der Waals surface area contributed by atoms with E-state index in [9.17, 15) is 14.4 Å². The Labute approximate surface area is 133 Å². The molecule has 0 aliphatic rings. The zero-order valence-electron chi connectivity index (χ0n) is 12.8. The van der Waals surface area contributed by atoms with Crippen LogP contribution >= 0.6 is 0 Å². The minimum Gasteiger partial charge on any atom is -0.326 e. The fourth-order valence-electron chi connectivity index (χ4n) is 1.95. The molecule has 0 spiro atoms. The highest BCUT2D eigenvalue weighted by Crippen LogP contribution is 2.15. The van der Waals surface area contributed by atoms with Gasteiger partial charge in [0.1, 0.15) is 0 Å². The van der Waals surface area contributed by atoms with Crippen molar-refractivity contribution in [2.24, 2.45) is 0 Å². The molecule has 0 aromatic heterocycles. The van der Waals surface area contributed by atoms with Crippen molar-refractivity contribution in [3.05, 3.63) is 54.1 Å². The highest BCUT2D eigenvalue weighted by atomic mass is 16.2. The lowest BCUT2D eigenvalue weighted by molar-refractivity contribution is -0.115. The summed E-state index contributed by atoms with van der Waals surface area (Å²) < 4.78 is 0. The van der Waals surface area contributed by atoms with Gasteiger partial charge in [-0.15, -0.1) is 0 Å². The van der Waals surface area contributed by atoms with Crippen LogP contribution in [0, 0.1) is 0 Å². The quantitative estimate of drug-likeness (QED) is 0.811. The van der Waals surface area contributed by atoms with Crippen LogP contribution in [0.1, 0.15) is 24.2 Å². The molecular weight excluding hydrogens is 294 g/mol. The van der Waals surface area contributed by atoms with Crippen LogP contribution in [0.15, 0.2) is 48.5 Å². The summed E-state index contributed by atoms with van der Waals surface area (Å²) in [6.45, 7) is 2.85. The first-order chi connectivity index (χ1) is 10.9. The van der Waals surface area contributed by atoms with Gasteiger partial charge in [0, 0.05) is 36.5 Å². The van der Waals surface area contributed by atoms with E-state index in [0.29, 0.717) is 22.6 Å². The van der Waals surface area contributed by atoms with E-state index in [1.54, 1.807) is 48.5 Å². The van der Waals surface area contributed by atoms with Gasteiger partial charge >= 0.3 is 0 Å². The van der Waals surface area contributed by atoms with Crippen molar-refractivity contribution in [1.82, 2.24) is 0 Å². The maximum absolute atomic E-state index is 12.1. The van der Waals surface area contributed by atoms with Crippen LogP contribution in [0.4, 0.5) is 17.1 Å². The zero-order valence-corrected chi connectivity index (χ0v) is 12.8. The molecule has 0 aliphatic heterocycles. The predicted octanol–water partition coefficient (Wildman–Crippen LogP) is 2.86. The number of carbonyl (C=O) groups excluding carboxylic acids is 3. The molecule has 0 aliphatic carbocycles. The monoisotopic (exact) mass is 311 g/mol. The molecule has 0 heterocycles. The van der Waals surface area contributed by atoms with Crippen LogP contribution < -0.4 is 16.0 Å². The molecule has 0 radical (unpaired) electrons. The Bertz CT molecular complexity index is 722. The minimum atomic E-state index is -0.258. The number of hydrogen-bond acceptors (Lipinski definition) is 3. The fourth-order valence-corrected chi connectivity index (χ4v) is 1.95. The van der Waals surface area contributed by atoms with Gasteiger partial charge in [0.2, 0.25) is 11.8 Å². The molecule has 0 bridgehead atoms. The number of rotatable bonds is 4. The number of benzene rings is 2. The molecule has 2 aromatic rings. The molecule has 3 N–H and O–H groups in total. The van der Waals surface area contributed by atoms with Crippen molar-refractivity contribution in [2.45, 2.75) is 13.8 Å². The maximum Gasteiger partial charge on any atom is 0.255 e. The van der Waals surface area contributed by atoms with Gasteiger partial charge in [0.05, 0.1) is 0 Å².